The Morgan fingerprint density at radius 1 is 1.39 bits per heavy atom. The predicted octanol–water partition coefficient (Wildman–Crippen LogP) is -2.30. The largest absolute Gasteiger partial charge is 1.00 e. The molecule has 1 unspecified atom stereocenters. The number of imide groups is 1. The third-order valence-electron chi connectivity index (χ3n) is 3.29. The fourth-order valence-electron chi connectivity index (χ4n) is 2.32. The normalized spacial score (nSPS) is 20.7. The van der Waals surface area contributed by atoms with Crippen LogP contribution in [-0.2, 0) is 22.4 Å². The Kier molecular flexibility index (Phi) is 5.67. The fraction of sp³-hybridized carbons (Fsp3) is 0.333. The Morgan fingerprint density at radius 2 is 2.06 bits per heavy atom. The first-order valence-corrected chi connectivity index (χ1v) is 5.38. The second kappa shape index (κ2) is 6.39. The molecular weight excluding hydrogens is 304 g/mol. The molecule has 0 fully saturated rings. The van der Waals surface area contributed by atoms with Crippen LogP contribution >= 0.6 is 0 Å². The van der Waals surface area contributed by atoms with E-state index in [-0.39, 0.29) is 64.1 Å². The van der Waals surface area contributed by atoms with E-state index in [0.717, 1.165) is 11.1 Å². The molecule has 0 bridgehead atoms. The maximum atomic E-state index is 11.9. The fourth-order valence-corrected chi connectivity index (χ4v) is 2.32. The van der Waals surface area contributed by atoms with Crippen LogP contribution in [0.1, 0.15) is 11.1 Å². The van der Waals surface area contributed by atoms with Crippen molar-refractivity contribution in [1.29, 1.82) is 0 Å². The molecule has 1 aliphatic rings. The first-order chi connectivity index (χ1) is 8.11. The first kappa shape index (κ1) is 16.0. The van der Waals surface area contributed by atoms with Crippen LogP contribution in [0.2, 0.25) is 0 Å². The van der Waals surface area contributed by atoms with Gasteiger partial charge in [0.1, 0.15) is 5.54 Å². The zero-order valence-electron chi connectivity index (χ0n) is 10.5. The van der Waals surface area contributed by atoms with Gasteiger partial charge in [0.15, 0.2) is 0 Å². The molecule has 1 aromatic rings. The van der Waals surface area contributed by atoms with Crippen molar-refractivity contribution in [2.75, 3.05) is 7.05 Å². The van der Waals surface area contributed by atoms with Gasteiger partial charge in [-0.15, -0.1) is 5.69 Å². The van der Waals surface area contributed by atoms with Gasteiger partial charge in [-0.2, -0.15) is 0 Å². The van der Waals surface area contributed by atoms with Gasteiger partial charge in [-0.05, 0) is 18.2 Å². The van der Waals surface area contributed by atoms with Crippen LogP contribution in [-0.4, -0.2) is 24.9 Å². The first-order valence-electron chi connectivity index (χ1n) is 5.38. The van der Waals surface area contributed by atoms with Gasteiger partial charge in [0.05, 0.1) is 0 Å². The van der Waals surface area contributed by atoms with Crippen molar-refractivity contribution >= 4 is 18.0 Å². The van der Waals surface area contributed by atoms with Gasteiger partial charge < -0.3 is 11.1 Å². The molecule has 1 aromatic carbocycles. The Balaban J connectivity index is 0.00000162. The number of rotatable bonds is 3. The quantitative estimate of drug-likeness (QED) is 0.615. The standard InChI is InChI=1S/C12H14N3O2.Rb/c1-14-12(11(17)15-7-16)5-8-2-3-10(13)4-9(8)6-12;/h2-4,7,13-14H,5-6H2,1H3,(H,15,16,17);/q-1;+1. The molecular formula is C12H14N3O2Rb. The second-order valence-electron chi connectivity index (χ2n) is 4.26. The molecule has 1 atom stereocenters. The molecule has 5 nitrogen and oxygen atoms in total. The number of hydrogen-bond donors (Lipinski definition) is 2. The Labute approximate surface area is 155 Å². The molecule has 1 aliphatic carbocycles. The van der Waals surface area contributed by atoms with Crippen LogP contribution in [0.15, 0.2) is 18.2 Å². The average molecular weight is 318 g/mol. The Bertz CT molecular complexity index is 478. The summed E-state index contributed by atoms with van der Waals surface area (Å²) >= 11 is 0. The zero-order chi connectivity index (χ0) is 12.5. The van der Waals surface area contributed by atoms with Gasteiger partial charge in [0, 0.05) is 12.8 Å². The van der Waals surface area contributed by atoms with Crippen LogP contribution in [0.4, 0.5) is 5.69 Å². The van der Waals surface area contributed by atoms with E-state index in [4.69, 9.17) is 5.73 Å². The third-order valence-corrected chi connectivity index (χ3v) is 3.29. The van der Waals surface area contributed by atoms with Crippen molar-refractivity contribution in [3.05, 3.63) is 35.1 Å². The number of benzene rings is 1. The molecule has 90 valence electrons. The summed E-state index contributed by atoms with van der Waals surface area (Å²) in [6.07, 6.45) is 1.45. The third kappa shape index (κ3) is 2.91. The molecule has 0 spiro atoms. The number of fused-ring (bicyclic) bond motifs is 1. The summed E-state index contributed by atoms with van der Waals surface area (Å²) in [7, 11) is 1.71. The van der Waals surface area contributed by atoms with Gasteiger partial charge in [-0.3, -0.25) is 14.9 Å². The van der Waals surface area contributed by atoms with Gasteiger partial charge in [-0.1, -0.05) is 18.2 Å². The molecule has 6 heteroatoms. The summed E-state index contributed by atoms with van der Waals surface area (Å²) in [6, 6.07) is 5.34. The topological polar surface area (TPSA) is 82.0 Å². The molecule has 0 saturated heterocycles. The number of carbonyl (C=O) groups is 2. The van der Waals surface area contributed by atoms with E-state index >= 15 is 0 Å². The summed E-state index contributed by atoms with van der Waals surface area (Å²) in [5, 5.41) is 5.20. The number of amides is 2. The van der Waals surface area contributed by atoms with Crippen molar-refractivity contribution in [2.24, 2.45) is 0 Å². The van der Waals surface area contributed by atoms with E-state index in [0.29, 0.717) is 24.9 Å². The van der Waals surface area contributed by atoms with Crippen LogP contribution in [0.3, 0.4) is 0 Å². The van der Waals surface area contributed by atoms with Crippen LogP contribution < -0.4 is 68.8 Å². The maximum absolute atomic E-state index is 11.9. The van der Waals surface area contributed by atoms with E-state index in [1.807, 2.05) is 6.07 Å². The van der Waals surface area contributed by atoms with Crippen LogP contribution in [0.25, 0.3) is 5.73 Å². The molecule has 0 aromatic heterocycles. The molecule has 18 heavy (non-hydrogen) atoms. The van der Waals surface area contributed by atoms with E-state index in [2.05, 4.69) is 10.6 Å². The Hall–Kier alpha value is -0.0748. The van der Waals surface area contributed by atoms with E-state index < -0.39 is 5.54 Å². The van der Waals surface area contributed by atoms with E-state index in [9.17, 15) is 9.59 Å². The van der Waals surface area contributed by atoms with Gasteiger partial charge in [0.25, 0.3) is 0 Å². The van der Waals surface area contributed by atoms with Gasteiger partial charge >= 0.3 is 58.2 Å². The number of carbonyl (C=O) groups excluding carboxylic acids is 2. The van der Waals surface area contributed by atoms with Crippen molar-refractivity contribution in [3.8, 4) is 0 Å². The molecule has 3 N–H and O–H groups in total. The minimum Gasteiger partial charge on any atom is -0.699 e. The average Bonchev–Trinajstić information content (AvgIpc) is 2.68. The summed E-state index contributed by atoms with van der Waals surface area (Å²) < 4.78 is 0. The number of hydrogen-bond acceptors (Lipinski definition) is 3. The minimum atomic E-state index is -0.767. The van der Waals surface area contributed by atoms with Gasteiger partial charge in [0.2, 0.25) is 12.3 Å². The monoisotopic (exact) mass is 317 g/mol. The van der Waals surface area contributed by atoms with Crippen molar-refractivity contribution in [1.82, 2.24) is 10.6 Å². The molecule has 0 saturated carbocycles. The SMILES string of the molecule is CNC1(C(=O)NC=O)Cc2ccc([NH-])cc2C1.[Rb+]. The number of nitrogens with one attached hydrogen (secondary N) is 3. The van der Waals surface area contributed by atoms with Crippen LogP contribution in [0.5, 0.6) is 0 Å². The summed E-state index contributed by atoms with van der Waals surface area (Å²) in [4.78, 5) is 22.3. The van der Waals surface area contributed by atoms with Crippen LogP contribution in [0, 0.1) is 0 Å². The molecule has 0 radical (unpaired) electrons. The van der Waals surface area contributed by atoms with Gasteiger partial charge in [-0.25, -0.2) is 0 Å². The van der Waals surface area contributed by atoms with E-state index in [1.165, 1.54) is 0 Å². The predicted molar refractivity (Wildman–Crippen MR) is 63.8 cm³/mol. The summed E-state index contributed by atoms with van der Waals surface area (Å²) in [5.74, 6) is -0.322. The second-order valence-corrected chi connectivity index (χ2v) is 4.26. The molecule has 2 amide bonds. The summed E-state index contributed by atoms with van der Waals surface area (Å²) in [5.41, 5.74) is 9.28. The molecule has 0 heterocycles. The van der Waals surface area contributed by atoms with Crippen molar-refractivity contribution in [2.45, 2.75) is 18.4 Å². The molecule has 2 rings (SSSR count). The zero-order valence-corrected chi connectivity index (χ0v) is 15.5. The number of likely N-dealkylation sites (N-methyl/N-ethyl adjacent to an activating group) is 1. The van der Waals surface area contributed by atoms with E-state index in [1.54, 1.807) is 19.2 Å². The van der Waals surface area contributed by atoms with Crippen molar-refractivity contribution < 1.29 is 67.8 Å². The minimum absolute atomic E-state index is 0. The molecule has 0 aliphatic heterocycles. The Morgan fingerprint density at radius 3 is 2.67 bits per heavy atom. The maximum Gasteiger partial charge on any atom is 1.00 e. The smallest absolute Gasteiger partial charge is 0.699 e. The van der Waals surface area contributed by atoms with Crippen molar-refractivity contribution in [3.63, 3.8) is 0 Å². The summed E-state index contributed by atoms with van der Waals surface area (Å²) in [6.45, 7) is 0.